The summed E-state index contributed by atoms with van der Waals surface area (Å²) in [4.78, 5) is 8.29. The number of halogens is 3. The van der Waals surface area contributed by atoms with E-state index in [0.29, 0.717) is 28.5 Å². The zero-order chi connectivity index (χ0) is 24.2. The number of nitrogen functional groups attached to an aromatic ring is 1. The molecule has 8 nitrogen and oxygen atoms in total. The van der Waals surface area contributed by atoms with Crippen LogP contribution in [0.2, 0.25) is 5.28 Å². The van der Waals surface area contributed by atoms with Crippen LogP contribution in [0.15, 0.2) is 34.9 Å². The van der Waals surface area contributed by atoms with Gasteiger partial charge in [0.1, 0.15) is 23.4 Å². The molecule has 2 heterocycles. The van der Waals surface area contributed by atoms with Crippen LogP contribution in [-0.2, 0) is 6.42 Å². The van der Waals surface area contributed by atoms with Crippen molar-refractivity contribution in [3.63, 3.8) is 0 Å². The Bertz CT molecular complexity index is 1120. The van der Waals surface area contributed by atoms with E-state index in [9.17, 15) is 14.6 Å². The molecule has 1 aliphatic carbocycles. The Balaban J connectivity index is 1.23. The van der Waals surface area contributed by atoms with Gasteiger partial charge in [-0.2, -0.15) is 4.98 Å². The van der Waals surface area contributed by atoms with E-state index in [1.807, 2.05) is 4.57 Å². The molecular formula is C23H29BrClFN6O2. The maximum absolute atomic E-state index is 12.9. The van der Waals surface area contributed by atoms with Gasteiger partial charge in [-0.25, -0.2) is 9.37 Å². The molecule has 34 heavy (non-hydrogen) atoms. The molecule has 4 atom stereocenters. The molecule has 11 heteroatoms. The molecule has 0 spiro atoms. The maximum atomic E-state index is 12.9. The minimum absolute atomic E-state index is 0.0365. The zero-order valence-corrected chi connectivity index (χ0v) is 20.9. The van der Waals surface area contributed by atoms with Gasteiger partial charge in [-0.15, -0.1) is 0 Å². The number of nitrogens with one attached hydrogen (secondary N) is 2. The quantitative estimate of drug-likeness (QED) is 0.193. The molecule has 0 bridgehead atoms. The number of anilines is 1. The summed E-state index contributed by atoms with van der Waals surface area (Å²) in [5.41, 5.74) is 7.63. The van der Waals surface area contributed by atoms with Crippen LogP contribution in [0.4, 0.5) is 10.2 Å². The van der Waals surface area contributed by atoms with Gasteiger partial charge >= 0.3 is 0 Å². The van der Waals surface area contributed by atoms with Gasteiger partial charge in [0, 0.05) is 23.1 Å². The van der Waals surface area contributed by atoms with Crippen molar-refractivity contribution < 1.29 is 14.6 Å². The Morgan fingerprint density at radius 3 is 2.62 bits per heavy atom. The minimum Gasteiger partial charge on any atom is -0.390 e. The Labute approximate surface area is 210 Å². The summed E-state index contributed by atoms with van der Waals surface area (Å²) >= 11 is 9.48. The minimum atomic E-state index is -0.933. The molecule has 0 amide bonds. The number of aliphatic hydroxyl groups is 2. The molecular weight excluding hydrogens is 527 g/mol. The highest BCUT2D eigenvalue weighted by Crippen LogP contribution is 2.40. The number of aliphatic hydroxyl groups excluding tert-OH is 2. The monoisotopic (exact) mass is 554 g/mol. The van der Waals surface area contributed by atoms with Crippen LogP contribution in [0.3, 0.4) is 0 Å². The molecule has 4 rings (SSSR count). The lowest BCUT2D eigenvalue weighted by Gasteiger charge is -2.19. The third kappa shape index (κ3) is 5.69. The average molecular weight is 556 g/mol. The van der Waals surface area contributed by atoms with E-state index in [2.05, 4.69) is 36.5 Å². The molecule has 0 saturated heterocycles. The third-order valence-corrected chi connectivity index (χ3v) is 7.14. The van der Waals surface area contributed by atoms with Gasteiger partial charge in [0.05, 0.1) is 17.5 Å². The predicted molar refractivity (Wildman–Crippen MR) is 134 cm³/mol. The summed E-state index contributed by atoms with van der Waals surface area (Å²) in [7, 11) is 0. The van der Waals surface area contributed by atoms with Crippen molar-refractivity contribution in [3.8, 4) is 0 Å². The number of aromatic nitrogens is 3. The standard InChI is InChI=1S/C23H29BrClFN6O2/c24-16-12-32(22-18(16)21(27)30-23(25)31-22)17-10-14(19(33)20(17)34)11-29-8-1-7-28-9-6-13-2-4-15(26)5-3-13/h2-5,12,14,17,19-20,28-29,33-34H,1,6-11H2,(H2,27,30,31)/t14-,17-,19-,20+/m1/s1. The fourth-order valence-electron chi connectivity index (χ4n) is 4.57. The van der Waals surface area contributed by atoms with Crippen molar-refractivity contribution in [2.45, 2.75) is 37.5 Å². The highest BCUT2D eigenvalue weighted by molar-refractivity contribution is 9.10. The van der Waals surface area contributed by atoms with Crippen LogP contribution in [0, 0.1) is 11.7 Å². The summed E-state index contributed by atoms with van der Waals surface area (Å²) in [6.45, 7) is 3.09. The van der Waals surface area contributed by atoms with Gasteiger partial charge in [-0.1, -0.05) is 12.1 Å². The van der Waals surface area contributed by atoms with Gasteiger partial charge in [0.25, 0.3) is 0 Å². The van der Waals surface area contributed by atoms with Crippen molar-refractivity contribution >= 4 is 44.4 Å². The highest BCUT2D eigenvalue weighted by atomic mass is 79.9. The number of benzene rings is 1. The van der Waals surface area contributed by atoms with E-state index in [0.717, 1.165) is 38.0 Å². The molecule has 2 aromatic heterocycles. The molecule has 6 N–H and O–H groups in total. The lowest BCUT2D eigenvalue weighted by molar-refractivity contribution is 0.00693. The second kappa shape index (κ2) is 11.3. The summed E-state index contributed by atoms with van der Waals surface area (Å²) in [6, 6.07) is 6.22. The molecule has 0 aliphatic heterocycles. The van der Waals surface area contributed by atoms with Crippen molar-refractivity contribution in [2.24, 2.45) is 5.92 Å². The molecule has 1 saturated carbocycles. The molecule has 1 aromatic carbocycles. The number of fused-ring (bicyclic) bond motifs is 1. The Hall–Kier alpha value is -1.82. The number of hydrogen-bond donors (Lipinski definition) is 5. The normalized spacial score (nSPS) is 22.6. The first-order chi connectivity index (χ1) is 16.3. The van der Waals surface area contributed by atoms with Crippen LogP contribution < -0.4 is 16.4 Å². The van der Waals surface area contributed by atoms with Crippen molar-refractivity contribution in [3.05, 3.63) is 51.6 Å². The van der Waals surface area contributed by atoms with Crippen LogP contribution in [0.1, 0.15) is 24.4 Å². The first-order valence-electron chi connectivity index (χ1n) is 11.4. The van der Waals surface area contributed by atoms with Crippen LogP contribution in [0.5, 0.6) is 0 Å². The van der Waals surface area contributed by atoms with Crippen molar-refractivity contribution in [1.82, 2.24) is 25.2 Å². The van der Waals surface area contributed by atoms with E-state index in [-0.39, 0.29) is 28.9 Å². The van der Waals surface area contributed by atoms with Crippen LogP contribution >= 0.6 is 27.5 Å². The number of nitrogens with two attached hydrogens (primary N) is 1. The van der Waals surface area contributed by atoms with E-state index in [1.165, 1.54) is 12.1 Å². The molecule has 1 aliphatic rings. The lowest BCUT2D eigenvalue weighted by atomic mass is 10.1. The van der Waals surface area contributed by atoms with E-state index < -0.39 is 12.2 Å². The Kier molecular flexibility index (Phi) is 8.39. The van der Waals surface area contributed by atoms with Crippen molar-refractivity contribution in [2.75, 3.05) is 31.9 Å². The summed E-state index contributed by atoms with van der Waals surface area (Å²) < 4.78 is 15.5. The van der Waals surface area contributed by atoms with Gasteiger partial charge < -0.3 is 31.1 Å². The Morgan fingerprint density at radius 1 is 1.12 bits per heavy atom. The zero-order valence-electron chi connectivity index (χ0n) is 18.6. The van der Waals surface area contributed by atoms with E-state index in [1.54, 1.807) is 18.3 Å². The second-order valence-electron chi connectivity index (χ2n) is 8.69. The first kappa shape index (κ1) is 25.3. The van der Waals surface area contributed by atoms with Gasteiger partial charge in [-0.05, 0) is 84.1 Å². The second-order valence-corrected chi connectivity index (χ2v) is 9.88. The summed E-state index contributed by atoms with van der Waals surface area (Å²) in [6.07, 6.45) is 2.40. The van der Waals surface area contributed by atoms with Crippen LogP contribution in [0.25, 0.3) is 11.0 Å². The molecule has 1 fully saturated rings. The largest absolute Gasteiger partial charge is 0.390 e. The average Bonchev–Trinajstić information content (AvgIpc) is 3.27. The number of nitrogens with zero attached hydrogens (tertiary/aromatic N) is 3. The maximum Gasteiger partial charge on any atom is 0.226 e. The Morgan fingerprint density at radius 2 is 1.85 bits per heavy atom. The third-order valence-electron chi connectivity index (χ3n) is 6.37. The molecule has 0 radical (unpaired) electrons. The SMILES string of the molecule is Nc1nc(Cl)nc2c1c(Br)cn2[C@@H]1C[C@H](CNCCCNCCc2ccc(F)cc2)[C@@H](O)[C@H]1O. The van der Waals surface area contributed by atoms with Gasteiger partial charge in [0.15, 0.2) is 0 Å². The predicted octanol–water partition coefficient (Wildman–Crippen LogP) is 2.66. The molecule has 0 unspecified atom stereocenters. The van der Waals surface area contributed by atoms with Crippen molar-refractivity contribution in [1.29, 1.82) is 0 Å². The first-order valence-corrected chi connectivity index (χ1v) is 12.5. The number of hydrogen-bond acceptors (Lipinski definition) is 7. The summed E-state index contributed by atoms with van der Waals surface area (Å²) in [5, 5.41) is 28.8. The fourth-order valence-corrected chi connectivity index (χ4v) is 5.34. The lowest BCUT2D eigenvalue weighted by Crippen LogP contribution is -2.34. The molecule has 184 valence electrons. The molecule has 3 aromatic rings. The van der Waals surface area contributed by atoms with E-state index >= 15 is 0 Å². The number of rotatable bonds is 10. The van der Waals surface area contributed by atoms with E-state index in [4.69, 9.17) is 17.3 Å². The fraction of sp³-hybridized carbons (Fsp3) is 0.478. The highest BCUT2D eigenvalue weighted by Gasteiger charge is 2.42. The smallest absolute Gasteiger partial charge is 0.226 e. The summed E-state index contributed by atoms with van der Waals surface area (Å²) in [5.74, 6) is -0.0536. The topological polar surface area (TPSA) is 121 Å². The van der Waals surface area contributed by atoms with Crippen LogP contribution in [-0.4, -0.2) is 63.1 Å². The van der Waals surface area contributed by atoms with Gasteiger partial charge in [-0.3, -0.25) is 0 Å². The van der Waals surface area contributed by atoms with Gasteiger partial charge in [0.2, 0.25) is 5.28 Å².